The van der Waals surface area contributed by atoms with E-state index in [2.05, 4.69) is 42.1 Å². The van der Waals surface area contributed by atoms with Gasteiger partial charge in [-0.15, -0.1) is 0 Å². The first-order valence-corrected chi connectivity index (χ1v) is 7.44. The molecule has 2 rings (SSSR count). The number of hydrogen-bond acceptors (Lipinski definition) is 3. The smallest absolute Gasteiger partial charge is 0.0642 e. The number of halogens is 1. The Kier molecular flexibility index (Phi) is 5.08. The van der Waals surface area contributed by atoms with Gasteiger partial charge in [-0.3, -0.25) is 0 Å². The van der Waals surface area contributed by atoms with Crippen molar-refractivity contribution in [1.29, 1.82) is 0 Å². The molecule has 0 saturated carbocycles. The lowest BCUT2D eigenvalue weighted by atomic mass is 10.1. The maximum atomic E-state index is 6.44. The zero-order chi connectivity index (χ0) is 13.8. The Morgan fingerprint density at radius 2 is 2.16 bits per heavy atom. The van der Waals surface area contributed by atoms with Gasteiger partial charge in [-0.2, -0.15) is 0 Å². The standard InChI is InChI=1S/C15H24ClN3/c1-4-17-10-13-6-5-7-14(16)15(13)19-9-8-18(3)12(2)11-19/h5-7,12,17H,4,8-11H2,1-3H3. The van der Waals surface area contributed by atoms with Crippen LogP contribution in [0.3, 0.4) is 0 Å². The van der Waals surface area contributed by atoms with Crippen molar-refractivity contribution in [2.75, 3.05) is 38.1 Å². The fraction of sp³-hybridized carbons (Fsp3) is 0.600. The molecule has 1 heterocycles. The van der Waals surface area contributed by atoms with Crippen LogP contribution >= 0.6 is 11.6 Å². The molecular weight excluding hydrogens is 258 g/mol. The van der Waals surface area contributed by atoms with E-state index in [1.807, 2.05) is 12.1 Å². The highest BCUT2D eigenvalue weighted by Gasteiger charge is 2.23. The van der Waals surface area contributed by atoms with Crippen LogP contribution in [0.25, 0.3) is 0 Å². The molecule has 0 aromatic heterocycles. The molecule has 1 unspecified atom stereocenters. The molecule has 1 N–H and O–H groups in total. The molecule has 19 heavy (non-hydrogen) atoms. The fourth-order valence-electron chi connectivity index (χ4n) is 2.57. The summed E-state index contributed by atoms with van der Waals surface area (Å²) in [5, 5.41) is 4.26. The van der Waals surface area contributed by atoms with Gasteiger partial charge in [0.1, 0.15) is 0 Å². The first kappa shape index (κ1) is 14.6. The van der Waals surface area contributed by atoms with Crippen LogP contribution in [0, 0.1) is 0 Å². The summed E-state index contributed by atoms with van der Waals surface area (Å²) < 4.78 is 0. The molecule has 0 amide bonds. The SMILES string of the molecule is CCNCc1cccc(Cl)c1N1CCN(C)C(C)C1. The summed E-state index contributed by atoms with van der Waals surface area (Å²) in [6.07, 6.45) is 0. The summed E-state index contributed by atoms with van der Waals surface area (Å²) in [6.45, 7) is 9.43. The van der Waals surface area contributed by atoms with E-state index in [0.29, 0.717) is 6.04 Å². The summed E-state index contributed by atoms with van der Waals surface area (Å²) in [5.41, 5.74) is 2.51. The van der Waals surface area contributed by atoms with Crippen molar-refractivity contribution in [3.63, 3.8) is 0 Å². The minimum absolute atomic E-state index is 0.567. The second-order valence-corrected chi connectivity index (χ2v) is 5.71. The van der Waals surface area contributed by atoms with E-state index in [0.717, 1.165) is 37.7 Å². The van der Waals surface area contributed by atoms with Gasteiger partial charge >= 0.3 is 0 Å². The second kappa shape index (κ2) is 6.60. The van der Waals surface area contributed by atoms with E-state index in [1.165, 1.54) is 11.3 Å². The zero-order valence-corrected chi connectivity index (χ0v) is 12.9. The lowest BCUT2D eigenvalue weighted by Crippen LogP contribution is -2.50. The maximum absolute atomic E-state index is 6.44. The summed E-state index contributed by atoms with van der Waals surface area (Å²) in [6, 6.07) is 6.78. The van der Waals surface area contributed by atoms with Gasteiger partial charge in [0, 0.05) is 32.2 Å². The maximum Gasteiger partial charge on any atom is 0.0642 e. The minimum Gasteiger partial charge on any atom is -0.367 e. The quantitative estimate of drug-likeness (QED) is 0.915. The number of hydrogen-bond donors (Lipinski definition) is 1. The number of nitrogens with one attached hydrogen (secondary N) is 1. The van der Waals surface area contributed by atoms with Crippen LogP contribution in [0.4, 0.5) is 5.69 Å². The average Bonchev–Trinajstić information content (AvgIpc) is 2.40. The Balaban J connectivity index is 2.22. The van der Waals surface area contributed by atoms with Crippen LogP contribution in [0.5, 0.6) is 0 Å². The van der Waals surface area contributed by atoms with Crippen molar-refractivity contribution in [1.82, 2.24) is 10.2 Å². The Morgan fingerprint density at radius 1 is 1.37 bits per heavy atom. The topological polar surface area (TPSA) is 18.5 Å². The van der Waals surface area contributed by atoms with E-state index in [9.17, 15) is 0 Å². The summed E-state index contributed by atoms with van der Waals surface area (Å²) in [7, 11) is 2.19. The number of likely N-dealkylation sites (N-methyl/N-ethyl adjacent to an activating group) is 1. The van der Waals surface area contributed by atoms with Crippen LogP contribution in [0.15, 0.2) is 18.2 Å². The monoisotopic (exact) mass is 281 g/mol. The molecule has 106 valence electrons. The highest BCUT2D eigenvalue weighted by molar-refractivity contribution is 6.33. The number of piperazine rings is 1. The van der Waals surface area contributed by atoms with Crippen LogP contribution in [0.1, 0.15) is 19.4 Å². The normalized spacial score (nSPS) is 20.8. The summed E-state index contributed by atoms with van der Waals surface area (Å²) in [4.78, 5) is 4.83. The third-order valence-corrected chi connectivity index (χ3v) is 4.22. The molecule has 0 bridgehead atoms. The number of para-hydroxylation sites is 1. The molecule has 1 fully saturated rings. The molecule has 3 nitrogen and oxygen atoms in total. The van der Waals surface area contributed by atoms with E-state index >= 15 is 0 Å². The van der Waals surface area contributed by atoms with Gasteiger partial charge in [-0.05, 0) is 32.1 Å². The lowest BCUT2D eigenvalue weighted by molar-refractivity contribution is 0.234. The first-order valence-electron chi connectivity index (χ1n) is 7.06. The molecular formula is C15H24ClN3. The van der Waals surface area contributed by atoms with Crippen molar-refractivity contribution in [3.8, 4) is 0 Å². The highest BCUT2D eigenvalue weighted by Crippen LogP contribution is 2.31. The highest BCUT2D eigenvalue weighted by atomic mass is 35.5. The molecule has 0 radical (unpaired) electrons. The molecule has 1 saturated heterocycles. The molecule has 4 heteroatoms. The second-order valence-electron chi connectivity index (χ2n) is 5.30. The number of rotatable bonds is 4. The van der Waals surface area contributed by atoms with Crippen molar-refractivity contribution in [3.05, 3.63) is 28.8 Å². The predicted octanol–water partition coefficient (Wildman–Crippen LogP) is 2.59. The van der Waals surface area contributed by atoms with Gasteiger partial charge in [-0.25, -0.2) is 0 Å². The Labute approximate surface area is 121 Å². The molecule has 1 aliphatic heterocycles. The largest absolute Gasteiger partial charge is 0.367 e. The molecule has 0 spiro atoms. The molecule has 1 aromatic rings. The van der Waals surface area contributed by atoms with Crippen LogP contribution in [-0.4, -0.2) is 44.2 Å². The van der Waals surface area contributed by atoms with Crippen LogP contribution in [0.2, 0.25) is 5.02 Å². The van der Waals surface area contributed by atoms with Crippen molar-refractivity contribution >= 4 is 17.3 Å². The number of anilines is 1. The van der Waals surface area contributed by atoms with Gasteiger partial charge in [-0.1, -0.05) is 30.7 Å². The van der Waals surface area contributed by atoms with Gasteiger partial charge in [0.05, 0.1) is 10.7 Å². The van der Waals surface area contributed by atoms with Crippen molar-refractivity contribution in [2.24, 2.45) is 0 Å². The first-order chi connectivity index (χ1) is 9.13. The van der Waals surface area contributed by atoms with Gasteiger partial charge in [0.25, 0.3) is 0 Å². The Bertz CT molecular complexity index is 422. The third kappa shape index (κ3) is 3.41. The number of benzene rings is 1. The van der Waals surface area contributed by atoms with E-state index in [1.54, 1.807) is 0 Å². The summed E-state index contributed by atoms with van der Waals surface area (Å²) >= 11 is 6.44. The van der Waals surface area contributed by atoms with Crippen molar-refractivity contribution < 1.29 is 0 Å². The molecule has 0 aliphatic carbocycles. The minimum atomic E-state index is 0.567. The molecule has 1 atom stereocenters. The van der Waals surface area contributed by atoms with E-state index in [-0.39, 0.29) is 0 Å². The Hall–Kier alpha value is -0.770. The zero-order valence-electron chi connectivity index (χ0n) is 12.1. The predicted molar refractivity (Wildman–Crippen MR) is 83.1 cm³/mol. The van der Waals surface area contributed by atoms with Crippen LogP contribution < -0.4 is 10.2 Å². The third-order valence-electron chi connectivity index (χ3n) is 3.91. The van der Waals surface area contributed by atoms with Crippen molar-refractivity contribution in [2.45, 2.75) is 26.4 Å². The number of nitrogens with zero attached hydrogens (tertiary/aromatic N) is 2. The fourth-order valence-corrected chi connectivity index (χ4v) is 2.88. The summed E-state index contributed by atoms with van der Waals surface area (Å²) in [5.74, 6) is 0. The van der Waals surface area contributed by atoms with Gasteiger partial charge in [0.2, 0.25) is 0 Å². The Morgan fingerprint density at radius 3 is 2.84 bits per heavy atom. The van der Waals surface area contributed by atoms with Crippen LogP contribution in [-0.2, 0) is 6.54 Å². The average molecular weight is 282 g/mol. The van der Waals surface area contributed by atoms with Gasteiger partial charge < -0.3 is 15.1 Å². The lowest BCUT2D eigenvalue weighted by Gasteiger charge is -2.40. The van der Waals surface area contributed by atoms with E-state index in [4.69, 9.17) is 11.6 Å². The molecule has 1 aliphatic rings. The van der Waals surface area contributed by atoms with Gasteiger partial charge in [0.15, 0.2) is 0 Å². The van der Waals surface area contributed by atoms with E-state index < -0.39 is 0 Å². The molecule has 1 aromatic carbocycles.